The van der Waals surface area contributed by atoms with Crippen LogP contribution in [0.5, 0.6) is 5.75 Å². The van der Waals surface area contributed by atoms with Gasteiger partial charge in [0.15, 0.2) is 5.75 Å². The smallest absolute Gasteiger partial charge is 0.161 e. The van der Waals surface area contributed by atoms with Crippen molar-refractivity contribution < 1.29 is 9.47 Å². The highest BCUT2D eigenvalue weighted by Gasteiger charge is 2.30. The molecule has 18 heavy (non-hydrogen) atoms. The number of nitrogens with zero attached hydrogens (tertiary/aromatic N) is 2. The highest BCUT2D eigenvalue weighted by atomic mass is 16.5. The van der Waals surface area contributed by atoms with E-state index in [9.17, 15) is 0 Å². The van der Waals surface area contributed by atoms with E-state index in [1.165, 1.54) is 0 Å². The van der Waals surface area contributed by atoms with Gasteiger partial charge in [0, 0.05) is 13.7 Å². The van der Waals surface area contributed by atoms with E-state index in [1.807, 2.05) is 11.6 Å². The van der Waals surface area contributed by atoms with E-state index in [1.54, 1.807) is 20.4 Å². The van der Waals surface area contributed by atoms with Crippen molar-refractivity contribution in [2.75, 3.05) is 14.2 Å². The molecule has 0 fully saturated rings. The van der Waals surface area contributed by atoms with E-state index >= 15 is 0 Å². The molecular weight excluding hydrogens is 232 g/mol. The van der Waals surface area contributed by atoms with E-state index in [0.717, 1.165) is 18.0 Å². The molecule has 0 amide bonds. The van der Waals surface area contributed by atoms with Crippen LogP contribution in [0.2, 0.25) is 0 Å². The molecule has 2 atom stereocenters. The van der Waals surface area contributed by atoms with Crippen LogP contribution in [0.1, 0.15) is 32.5 Å². The molecule has 1 aromatic rings. The third kappa shape index (κ3) is 2.82. The summed E-state index contributed by atoms with van der Waals surface area (Å²) in [6, 6.07) is -0.160. The first kappa shape index (κ1) is 14.9. The lowest BCUT2D eigenvalue weighted by Gasteiger charge is -2.29. The van der Waals surface area contributed by atoms with Gasteiger partial charge in [-0.25, -0.2) is 5.43 Å². The molecule has 0 aliphatic heterocycles. The number of rotatable bonds is 7. The van der Waals surface area contributed by atoms with E-state index in [2.05, 4.69) is 24.4 Å². The molecule has 6 heteroatoms. The average Bonchev–Trinajstić information content (AvgIpc) is 2.77. The highest BCUT2D eigenvalue weighted by Crippen LogP contribution is 2.30. The summed E-state index contributed by atoms with van der Waals surface area (Å²) in [7, 11) is 3.32. The summed E-state index contributed by atoms with van der Waals surface area (Å²) < 4.78 is 12.8. The van der Waals surface area contributed by atoms with Gasteiger partial charge in [0.1, 0.15) is 5.69 Å². The number of hydrogen-bond donors (Lipinski definition) is 2. The monoisotopic (exact) mass is 256 g/mol. The van der Waals surface area contributed by atoms with Gasteiger partial charge in [-0.15, -0.1) is 0 Å². The highest BCUT2D eigenvalue weighted by molar-refractivity contribution is 5.29. The molecule has 2 unspecified atom stereocenters. The molecule has 1 heterocycles. The second-order valence-corrected chi connectivity index (χ2v) is 4.50. The Hall–Kier alpha value is -1.11. The Balaban J connectivity index is 3.17. The van der Waals surface area contributed by atoms with Crippen LogP contribution in [0.3, 0.4) is 0 Å². The van der Waals surface area contributed by atoms with Crippen molar-refractivity contribution in [3.05, 3.63) is 11.9 Å². The lowest BCUT2D eigenvalue weighted by atomic mass is 9.97. The van der Waals surface area contributed by atoms with Crippen LogP contribution in [-0.2, 0) is 11.3 Å². The van der Waals surface area contributed by atoms with E-state index in [0.29, 0.717) is 5.92 Å². The number of hydrazine groups is 1. The summed E-state index contributed by atoms with van der Waals surface area (Å²) in [5, 5.41) is 4.29. The fraction of sp³-hybridized carbons (Fsp3) is 0.750. The number of hydrogen-bond acceptors (Lipinski definition) is 5. The molecule has 0 saturated carbocycles. The Kier molecular flexibility index (Phi) is 5.58. The predicted octanol–water partition coefficient (Wildman–Crippen LogP) is 1.09. The molecule has 0 aliphatic rings. The largest absolute Gasteiger partial charge is 0.493 e. The number of ether oxygens (including phenoxy) is 2. The van der Waals surface area contributed by atoms with Crippen LogP contribution < -0.4 is 16.0 Å². The SMILES string of the molecule is CCn1ncc(OC)c1C(NN)C(OC)C(C)C. The third-order valence-corrected chi connectivity index (χ3v) is 3.10. The van der Waals surface area contributed by atoms with E-state index in [-0.39, 0.29) is 12.1 Å². The van der Waals surface area contributed by atoms with Gasteiger partial charge in [-0.2, -0.15) is 5.10 Å². The predicted molar refractivity (Wildman–Crippen MR) is 70.2 cm³/mol. The lowest BCUT2D eigenvalue weighted by molar-refractivity contribution is 0.0294. The van der Waals surface area contributed by atoms with Crippen molar-refractivity contribution in [2.24, 2.45) is 11.8 Å². The van der Waals surface area contributed by atoms with Crippen molar-refractivity contribution >= 4 is 0 Å². The number of nitrogens with two attached hydrogens (primary N) is 1. The van der Waals surface area contributed by atoms with E-state index in [4.69, 9.17) is 15.3 Å². The molecule has 0 radical (unpaired) electrons. The maximum absolute atomic E-state index is 5.70. The zero-order valence-corrected chi connectivity index (χ0v) is 11.8. The minimum absolute atomic E-state index is 0.0501. The van der Waals surface area contributed by atoms with Gasteiger partial charge in [-0.3, -0.25) is 10.5 Å². The zero-order chi connectivity index (χ0) is 13.7. The summed E-state index contributed by atoms with van der Waals surface area (Å²) in [6.45, 7) is 6.97. The van der Waals surface area contributed by atoms with Crippen LogP contribution in [0.25, 0.3) is 0 Å². The molecule has 0 aromatic carbocycles. The molecule has 3 N–H and O–H groups in total. The van der Waals surface area contributed by atoms with E-state index < -0.39 is 0 Å². The Bertz CT molecular complexity index is 343. The molecule has 0 spiro atoms. The zero-order valence-electron chi connectivity index (χ0n) is 11.8. The van der Waals surface area contributed by atoms with Crippen LogP contribution in [0.15, 0.2) is 6.20 Å². The number of aryl methyl sites for hydroxylation is 1. The normalized spacial score (nSPS) is 14.8. The Labute approximate surface area is 108 Å². The Morgan fingerprint density at radius 1 is 1.44 bits per heavy atom. The van der Waals surface area contributed by atoms with Gasteiger partial charge in [-0.1, -0.05) is 13.8 Å². The fourth-order valence-corrected chi connectivity index (χ4v) is 2.22. The molecular formula is C12H24N4O2. The van der Waals surface area contributed by atoms with Gasteiger partial charge >= 0.3 is 0 Å². The van der Waals surface area contributed by atoms with Gasteiger partial charge < -0.3 is 9.47 Å². The number of aromatic nitrogens is 2. The maximum Gasteiger partial charge on any atom is 0.161 e. The van der Waals surface area contributed by atoms with Crippen LogP contribution in [0, 0.1) is 5.92 Å². The minimum atomic E-state index is -0.160. The average molecular weight is 256 g/mol. The minimum Gasteiger partial charge on any atom is -0.493 e. The third-order valence-electron chi connectivity index (χ3n) is 3.10. The maximum atomic E-state index is 5.70. The van der Waals surface area contributed by atoms with Crippen LogP contribution >= 0.6 is 0 Å². The van der Waals surface area contributed by atoms with Crippen molar-refractivity contribution in [1.82, 2.24) is 15.2 Å². The summed E-state index contributed by atoms with van der Waals surface area (Å²) in [6.07, 6.45) is 1.65. The molecule has 1 rings (SSSR count). The standard InChI is InChI=1S/C12H24N4O2/c1-6-16-11(9(17-4)7-14-16)10(15-13)12(18-5)8(2)3/h7-8,10,12,15H,6,13H2,1-5H3. The quantitative estimate of drug-likeness (QED) is 0.564. The Morgan fingerprint density at radius 3 is 2.50 bits per heavy atom. The second-order valence-electron chi connectivity index (χ2n) is 4.50. The fourth-order valence-electron chi connectivity index (χ4n) is 2.22. The van der Waals surface area contributed by atoms with Gasteiger partial charge in [0.25, 0.3) is 0 Å². The van der Waals surface area contributed by atoms with Crippen LogP contribution in [0.4, 0.5) is 0 Å². The van der Waals surface area contributed by atoms with Gasteiger partial charge in [-0.05, 0) is 12.8 Å². The Morgan fingerprint density at radius 2 is 2.11 bits per heavy atom. The lowest BCUT2D eigenvalue weighted by Crippen LogP contribution is -2.41. The van der Waals surface area contributed by atoms with Crippen molar-refractivity contribution in [1.29, 1.82) is 0 Å². The first-order valence-corrected chi connectivity index (χ1v) is 6.19. The molecule has 1 aromatic heterocycles. The van der Waals surface area contributed by atoms with Crippen molar-refractivity contribution in [3.8, 4) is 5.75 Å². The van der Waals surface area contributed by atoms with Gasteiger partial charge in [0.2, 0.25) is 0 Å². The summed E-state index contributed by atoms with van der Waals surface area (Å²) in [4.78, 5) is 0. The molecule has 0 aliphatic carbocycles. The second kappa shape index (κ2) is 6.72. The molecule has 0 saturated heterocycles. The number of nitrogens with one attached hydrogen (secondary N) is 1. The first-order chi connectivity index (χ1) is 8.60. The molecule has 0 bridgehead atoms. The summed E-state index contributed by atoms with van der Waals surface area (Å²) in [5.74, 6) is 6.74. The number of methoxy groups -OCH3 is 2. The summed E-state index contributed by atoms with van der Waals surface area (Å²) in [5.41, 5.74) is 3.74. The van der Waals surface area contributed by atoms with Crippen molar-refractivity contribution in [3.63, 3.8) is 0 Å². The molecule has 104 valence electrons. The molecule has 6 nitrogen and oxygen atoms in total. The van der Waals surface area contributed by atoms with Gasteiger partial charge in [0.05, 0.1) is 25.5 Å². The first-order valence-electron chi connectivity index (χ1n) is 6.19. The van der Waals surface area contributed by atoms with Crippen molar-refractivity contribution in [2.45, 2.75) is 39.5 Å². The van der Waals surface area contributed by atoms with Crippen LogP contribution in [-0.4, -0.2) is 30.1 Å². The topological polar surface area (TPSA) is 74.3 Å². The summed E-state index contributed by atoms with van der Waals surface area (Å²) >= 11 is 0.